The Morgan fingerprint density at radius 1 is 1.38 bits per heavy atom. The van der Waals surface area contributed by atoms with E-state index in [1.807, 2.05) is 0 Å². The highest BCUT2D eigenvalue weighted by Gasteiger charge is 2.28. The van der Waals surface area contributed by atoms with Crippen molar-refractivity contribution in [1.29, 1.82) is 0 Å². The fourth-order valence-corrected chi connectivity index (χ4v) is 4.75. The maximum Gasteiger partial charge on any atom is 0.273 e. The van der Waals surface area contributed by atoms with Crippen LogP contribution in [0.1, 0.15) is 50.1 Å². The number of carbonyl (C=O) groups is 2. The maximum atomic E-state index is 12.7. The molecule has 1 aromatic heterocycles. The minimum atomic E-state index is -0.567. The van der Waals surface area contributed by atoms with Crippen molar-refractivity contribution in [3.8, 4) is 0 Å². The third kappa shape index (κ3) is 3.20. The molecule has 1 unspecified atom stereocenters. The third-order valence-corrected chi connectivity index (χ3v) is 5.90. The minimum absolute atomic E-state index is 0.118. The molecule has 1 aliphatic carbocycles. The Morgan fingerprint density at radius 3 is 2.77 bits per heavy atom. The van der Waals surface area contributed by atoms with Crippen LogP contribution >= 0.6 is 11.3 Å². The Hall–Kier alpha value is -2.74. The summed E-state index contributed by atoms with van der Waals surface area (Å²) in [4.78, 5) is 36.3. The normalized spacial score (nSPS) is 16.0. The second kappa shape index (κ2) is 6.87. The van der Waals surface area contributed by atoms with E-state index in [2.05, 4.69) is 12.2 Å². The first kappa shape index (κ1) is 18.1. The summed E-state index contributed by atoms with van der Waals surface area (Å²) < 4.78 is 0. The van der Waals surface area contributed by atoms with Gasteiger partial charge in [-0.25, -0.2) is 0 Å². The highest BCUT2D eigenvalue weighted by Crippen LogP contribution is 2.39. The number of hydrogen-bond donors (Lipinski definition) is 2. The number of hydrogen-bond acceptors (Lipinski definition) is 5. The molecule has 3 N–H and O–H groups in total. The summed E-state index contributed by atoms with van der Waals surface area (Å²) in [6.45, 7) is 3.68. The number of nitrogens with two attached hydrogens (primary N) is 1. The number of primary amides is 1. The Morgan fingerprint density at radius 2 is 2.12 bits per heavy atom. The number of amides is 2. The molecule has 0 spiro atoms. The molecule has 1 atom stereocenters. The lowest BCUT2D eigenvalue weighted by atomic mass is 9.88. The van der Waals surface area contributed by atoms with Gasteiger partial charge >= 0.3 is 0 Å². The number of thiophene rings is 1. The molecule has 8 heteroatoms. The molecule has 2 aromatic rings. The zero-order valence-electron chi connectivity index (χ0n) is 14.5. The number of nitro benzene ring substituents is 1. The van der Waals surface area contributed by atoms with E-state index in [9.17, 15) is 19.7 Å². The van der Waals surface area contributed by atoms with Gasteiger partial charge in [-0.2, -0.15) is 0 Å². The van der Waals surface area contributed by atoms with Crippen LogP contribution in [0.4, 0.5) is 10.7 Å². The van der Waals surface area contributed by atoms with Gasteiger partial charge in [0.25, 0.3) is 17.5 Å². The smallest absolute Gasteiger partial charge is 0.273 e. The van der Waals surface area contributed by atoms with Crippen LogP contribution in [0.3, 0.4) is 0 Å². The number of fused-ring (bicyclic) bond motifs is 1. The first-order chi connectivity index (χ1) is 12.3. The van der Waals surface area contributed by atoms with Crippen molar-refractivity contribution in [3.63, 3.8) is 0 Å². The quantitative estimate of drug-likeness (QED) is 0.631. The number of nitrogens with zero attached hydrogens (tertiary/aromatic N) is 1. The van der Waals surface area contributed by atoms with E-state index in [0.717, 1.165) is 29.7 Å². The van der Waals surface area contributed by atoms with Gasteiger partial charge in [-0.15, -0.1) is 11.3 Å². The lowest BCUT2D eigenvalue weighted by Gasteiger charge is -2.18. The molecule has 0 saturated heterocycles. The molecule has 0 aliphatic heterocycles. The first-order valence-electron chi connectivity index (χ1n) is 8.29. The van der Waals surface area contributed by atoms with Crippen LogP contribution in [0.5, 0.6) is 0 Å². The summed E-state index contributed by atoms with van der Waals surface area (Å²) >= 11 is 1.37. The molecule has 7 nitrogen and oxygen atoms in total. The maximum absolute atomic E-state index is 12.7. The topological polar surface area (TPSA) is 115 Å². The van der Waals surface area contributed by atoms with Crippen molar-refractivity contribution >= 4 is 33.8 Å². The summed E-state index contributed by atoms with van der Waals surface area (Å²) in [6.07, 6.45) is 2.59. The minimum Gasteiger partial charge on any atom is -0.365 e. The summed E-state index contributed by atoms with van der Waals surface area (Å²) in [5.74, 6) is -0.534. The second-order valence-corrected chi connectivity index (χ2v) is 7.69. The zero-order valence-corrected chi connectivity index (χ0v) is 15.3. The Labute approximate surface area is 154 Å². The molecule has 1 heterocycles. The zero-order chi connectivity index (χ0) is 19.0. The van der Waals surface area contributed by atoms with Crippen molar-refractivity contribution < 1.29 is 14.5 Å². The fourth-order valence-electron chi connectivity index (χ4n) is 3.34. The molecular weight excluding hydrogens is 354 g/mol. The van der Waals surface area contributed by atoms with Crippen LogP contribution in [0.25, 0.3) is 0 Å². The number of nitrogens with one attached hydrogen (secondary N) is 1. The van der Waals surface area contributed by atoms with Gasteiger partial charge in [0.1, 0.15) is 5.00 Å². The molecule has 0 bridgehead atoms. The lowest BCUT2D eigenvalue weighted by molar-refractivity contribution is -0.385. The highest BCUT2D eigenvalue weighted by atomic mass is 32.1. The van der Waals surface area contributed by atoms with E-state index in [4.69, 9.17) is 5.73 Å². The van der Waals surface area contributed by atoms with E-state index >= 15 is 0 Å². The van der Waals surface area contributed by atoms with Gasteiger partial charge in [-0.3, -0.25) is 19.7 Å². The molecule has 1 aliphatic rings. The van der Waals surface area contributed by atoms with Crippen LogP contribution in [-0.4, -0.2) is 16.7 Å². The van der Waals surface area contributed by atoms with Crippen molar-refractivity contribution in [2.24, 2.45) is 11.7 Å². The predicted molar refractivity (Wildman–Crippen MR) is 99.8 cm³/mol. The van der Waals surface area contributed by atoms with Crippen LogP contribution in [0.2, 0.25) is 0 Å². The van der Waals surface area contributed by atoms with Crippen molar-refractivity contribution in [2.45, 2.75) is 33.1 Å². The molecule has 0 saturated carbocycles. The van der Waals surface area contributed by atoms with Crippen molar-refractivity contribution in [1.82, 2.24) is 0 Å². The van der Waals surface area contributed by atoms with Gasteiger partial charge in [0.2, 0.25) is 0 Å². The molecule has 26 heavy (non-hydrogen) atoms. The van der Waals surface area contributed by atoms with Gasteiger partial charge in [-0.05, 0) is 43.7 Å². The second-order valence-electron chi connectivity index (χ2n) is 6.58. The molecule has 2 amide bonds. The van der Waals surface area contributed by atoms with Crippen molar-refractivity contribution in [3.05, 3.63) is 55.4 Å². The van der Waals surface area contributed by atoms with Gasteiger partial charge in [0.05, 0.1) is 10.5 Å². The van der Waals surface area contributed by atoms with E-state index in [-0.39, 0.29) is 16.8 Å². The largest absolute Gasteiger partial charge is 0.365 e. The van der Waals surface area contributed by atoms with Gasteiger partial charge in [0.15, 0.2) is 0 Å². The van der Waals surface area contributed by atoms with Crippen LogP contribution in [0.15, 0.2) is 18.2 Å². The average Bonchev–Trinajstić information content (AvgIpc) is 2.91. The molecule has 1 aromatic carbocycles. The number of rotatable bonds is 4. The number of anilines is 1. The summed E-state index contributed by atoms with van der Waals surface area (Å²) in [5, 5.41) is 14.2. The summed E-state index contributed by atoms with van der Waals surface area (Å²) in [5.41, 5.74) is 7.21. The molecule has 136 valence electrons. The standard InChI is InChI=1S/C18H19N3O4S/c1-9-6-7-12-14(8-9)26-18(15(12)16(19)22)20-17(23)11-4-3-5-13(10(11)2)21(24)25/h3-5,9H,6-8H2,1-2H3,(H2,19,22)(H,20,23). The molecule has 0 fully saturated rings. The van der Waals surface area contributed by atoms with E-state index < -0.39 is 16.7 Å². The summed E-state index contributed by atoms with van der Waals surface area (Å²) in [7, 11) is 0. The van der Waals surface area contributed by atoms with Crippen LogP contribution < -0.4 is 11.1 Å². The van der Waals surface area contributed by atoms with Crippen LogP contribution in [0, 0.1) is 23.0 Å². The van der Waals surface area contributed by atoms with E-state index in [1.54, 1.807) is 0 Å². The number of nitro groups is 1. The third-order valence-electron chi connectivity index (χ3n) is 4.73. The van der Waals surface area contributed by atoms with Crippen molar-refractivity contribution in [2.75, 3.05) is 5.32 Å². The number of carbonyl (C=O) groups excluding carboxylic acids is 2. The lowest BCUT2D eigenvalue weighted by Crippen LogP contribution is -2.20. The van der Waals surface area contributed by atoms with Crippen LogP contribution in [-0.2, 0) is 12.8 Å². The van der Waals surface area contributed by atoms with E-state index in [0.29, 0.717) is 16.5 Å². The molecular formula is C18H19N3O4S. The number of benzene rings is 1. The van der Waals surface area contributed by atoms with Gasteiger partial charge < -0.3 is 11.1 Å². The first-order valence-corrected chi connectivity index (χ1v) is 9.11. The Kier molecular flexibility index (Phi) is 4.78. The SMILES string of the molecule is Cc1c(C(=O)Nc2sc3c(c2C(N)=O)CCC(C)C3)cccc1[N+](=O)[O-]. The average molecular weight is 373 g/mol. The van der Waals surface area contributed by atoms with Gasteiger partial charge in [-0.1, -0.05) is 13.0 Å². The van der Waals surface area contributed by atoms with E-state index in [1.165, 1.54) is 36.5 Å². The monoisotopic (exact) mass is 373 g/mol. The molecule has 3 rings (SSSR count). The Balaban J connectivity index is 1.97. The fraction of sp³-hybridized carbons (Fsp3) is 0.333. The molecule has 0 radical (unpaired) electrons. The van der Waals surface area contributed by atoms with Gasteiger partial charge in [0, 0.05) is 22.1 Å². The summed E-state index contributed by atoms with van der Waals surface area (Å²) in [6, 6.07) is 4.35. The Bertz CT molecular complexity index is 919. The highest BCUT2D eigenvalue weighted by molar-refractivity contribution is 7.17. The predicted octanol–water partition coefficient (Wildman–Crippen LogP) is 3.44.